The summed E-state index contributed by atoms with van der Waals surface area (Å²) in [4.78, 5) is 19.6. The van der Waals surface area contributed by atoms with Crippen LogP contribution >= 0.6 is 11.6 Å². The molecule has 6 heteroatoms. The Balaban J connectivity index is 1.58. The van der Waals surface area contributed by atoms with E-state index in [1.54, 1.807) is 6.20 Å². The normalized spacial score (nSPS) is 14.8. The zero-order chi connectivity index (χ0) is 22.2. The molecule has 1 amide bonds. The number of carbonyl (C=O) groups is 1. The Kier molecular flexibility index (Phi) is 7.62. The molecule has 32 heavy (non-hydrogen) atoms. The van der Waals surface area contributed by atoms with Gasteiger partial charge < -0.3 is 14.4 Å². The molecule has 0 atom stereocenters. The zero-order valence-corrected chi connectivity index (χ0v) is 18.8. The number of ether oxygens (including phenoxy) is 2. The van der Waals surface area contributed by atoms with Crippen molar-refractivity contribution in [3.63, 3.8) is 0 Å². The van der Waals surface area contributed by atoms with Crippen LogP contribution in [0, 0.1) is 0 Å². The molecule has 2 aromatic carbocycles. The summed E-state index contributed by atoms with van der Waals surface area (Å²) in [5, 5.41) is 0.668. The van der Waals surface area contributed by atoms with Crippen molar-refractivity contribution in [1.29, 1.82) is 0 Å². The summed E-state index contributed by atoms with van der Waals surface area (Å²) in [5.74, 6) is 1.91. The average Bonchev–Trinajstić information content (AvgIpc) is 2.81. The molecule has 0 spiro atoms. The summed E-state index contributed by atoms with van der Waals surface area (Å²) in [7, 11) is 0. The molecule has 0 saturated carbocycles. The van der Waals surface area contributed by atoms with Gasteiger partial charge in [-0.2, -0.15) is 0 Å². The summed E-state index contributed by atoms with van der Waals surface area (Å²) in [6.07, 6.45) is 6.05. The van der Waals surface area contributed by atoms with Crippen LogP contribution < -0.4 is 9.47 Å². The van der Waals surface area contributed by atoms with E-state index in [0.717, 1.165) is 36.8 Å². The van der Waals surface area contributed by atoms with Crippen LogP contribution in [0.2, 0.25) is 5.02 Å². The molecular formula is C26H27ClN2O3. The lowest BCUT2D eigenvalue weighted by atomic mass is 10.1. The third-order valence-electron chi connectivity index (χ3n) is 5.47. The molecule has 166 valence electrons. The van der Waals surface area contributed by atoms with Crippen LogP contribution in [0.15, 0.2) is 66.9 Å². The number of aromatic nitrogens is 1. The lowest BCUT2D eigenvalue weighted by Crippen LogP contribution is -2.33. The van der Waals surface area contributed by atoms with Crippen LogP contribution in [0.1, 0.15) is 36.8 Å². The summed E-state index contributed by atoms with van der Waals surface area (Å²) >= 11 is 5.99. The van der Waals surface area contributed by atoms with E-state index in [2.05, 4.69) is 4.98 Å². The lowest BCUT2D eigenvalue weighted by Gasteiger charge is -2.24. The lowest BCUT2D eigenvalue weighted by molar-refractivity contribution is -0.131. The topological polar surface area (TPSA) is 51.7 Å². The van der Waals surface area contributed by atoms with Crippen LogP contribution in [0.5, 0.6) is 17.4 Å². The molecular weight excluding hydrogens is 424 g/mol. The highest BCUT2D eigenvalue weighted by Crippen LogP contribution is 2.32. The Morgan fingerprint density at radius 2 is 1.72 bits per heavy atom. The highest BCUT2D eigenvalue weighted by atomic mass is 35.5. The Labute approximate surface area is 193 Å². The Morgan fingerprint density at radius 3 is 2.56 bits per heavy atom. The monoisotopic (exact) mass is 450 g/mol. The quantitative estimate of drug-likeness (QED) is 0.476. The van der Waals surface area contributed by atoms with E-state index in [4.69, 9.17) is 21.1 Å². The fraction of sp³-hybridized carbons (Fsp3) is 0.308. The number of nitrogens with zero attached hydrogens (tertiary/aromatic N) is 2. The first-order valence-electron chi connectivity index (χ1n) is 11.0. The van der Waals surface area contributed by atoms with E-state index < -0.39 is 0 Å². The first-order valence-corrected chi connectivity index (χ1v) is 11.4. The van der Waals surface area contributed by atoms with Gasteiger partial charge >= 0.3 is 0 Å². The number of halogens is 1. The first kappa shape index (κ1) is 22.2. The molecule has 0 fully saturated rings. The Morgan fingerprint density at radius 1 is 0.938 bits per heavy atom. The Bertz CT molecular complexity index is 1040. The molecule has 5 nitrogen and oxygen atoms in total. The summed E-state index contributed by atoms with van der Waals surface area (Å²) in [6.45, 7) is 1.77. The molecule has 1 aliphatic rings. The molecule has 0 radical (unpaired) electrons. The zero-order valence-electron chi connectivity index (χ0n) is 18.0. The molecule has 1 aliphatic heterocycles. The molecule has 0 aliphatic carbocycles. The number of para-hydroxylation sites is 2. The SMILES string of the molecule is O=C(Cc1ccc(Cl)cc1)N1CCCCCCOc2ccccc2Oc2ncccc2C1. The molecule has 2 heterocycles. The average molecular weight is 451 g/mol. The number of fused-ring (bicyclic) bond motifs is 2. The molecule has 0 saturated heterocycles. The largest absolute Gasteiger partial charge is 0.490 e. The van der Waals surface area contributed by atoms with Gasteiger partial charge in [-0.05, 0) is 48.7 Å². The van der Waals surface area contributed by atoms with Gasteiger partial charge in [0.2, 0.25) is 11.8 Å². The summed E-state index contributed by atoms with van der Waals surface area (Å²) in [6, 6.07) is 18.9. The van der Waals surface area contributed by atoms with Crippen molar-refractivity contribution in [2.45, 2.75) is 38.6 Å². The summed E-state index contributed by atoms with van der Waals surface area (Å²) in [5.41, 5.74) is 1.82. The molecule has 0 bridgehead atoms. The van der Waals surface area contributed by atoms with Crippen LogP contribution in [0.3, 0.4) is 0 Å². The summed E-state index contributed by atoms with van der Waals surface area (Å²) < 4.78 is 12.1. The van der Waals surface area contributed by atoms with Gasteiger partial charge in [-0.15, -0.1) is 0 Å². The van der Waals surface area contributed by atoms with Gasteiger partial charge in [-0.3, -0.25) is 4.79 Å². The van der Waals surface area contributed by atoms with Gasteiger partial charge in [-0.25, -0.2) is 4.98 Å². The van der Waals surface area contributed by atoms with Crippen LogP contribution in [-0.4, -0.2) is 28.9 Å². The van der Waals surface area contributed by atoms with E-state index in [0.29, 0.717) is 48.5 Å². The third-order valence-corrected chi connectivity index (χ3v) is 5.72. The number of rotatable bonds is 2. The van der Waals surface area contributed by atoms with Crippen molar-refractivity contribution >= 4 is 17.5 Å². The first-order chi connectivity index (χ1) is 15.7. The number of hydrogen-bond acceptors (Lipinski definition) is 4. The molecule has 4 rings (SSSR count). The van der Waals surface area contributed by atoms with Gasteiger partial charge in [0.15, 0.2) is 11.5 Å². The third kappa shape index (κ3) is 6.01. The minimum atomic E-state index is 0.0814. The predicted octanol–water partition coefficient (Wildman–Crippen LogP) is 6.05. The molecule has 0 unspecified atom stereocenters. The number of carbonyl (C=O) groups excluding carboxylic acids is 1. The van der Waals surface area contributed by atoms with Gasteiger partial charge in [0, 0.05) is 23.3 Å². The minimum absolute atomic E-state index is 0.0814. The fourth-order valence-electron chi connectivity index (χ4n) is 3.72. The standard InChI is InChI=1S/C26H27ClN2O3/c27-22-13-11-20(12-14-22)18-25(30)29-16-5-1-2-6-17-31-23-9-3-4-10-24(23)32-26-21(19-29)8-7-15-28-26/h3-4,7-15H,1-2,5-6,16-19H2. The maximum Gasteiger partial charge on any atom is 0.227 e. The van der Waals surface area contributed by atoms with Crippen LogP contribution in [0.4, 0.5) is 0 Å². The second kappa shape index (κ2) is 11.0. The van der Waals surface area contributed by atoms with Crippen molar-refractivity contribution in [1.82, 2.24) is 9.88 Å². The number of benzene rings is 2. The van der Waals surface area contributed by atoms with Gasteiger partial charge in [0.1, 0.15) is 0 Å². The predicted molar refractivity (Wildman–Crippen MR) is 125 cm³/mol. The smallest absolute Gasteiger partial charge is 0.227 e. The molecule has 0 N–H and O–H groups in total. The number of pyridine rings is 1. The highest BCUT2D eigenvalue weighted by Gasteiger charge is 2.18. The maximum absolute atomic E-state index is 13.2. The van der Waals surface area contributed by atoms with Crippen molar-refractivity contribution in [3.8, 4) is 17.4 Å². The minimum Gasteiger partial charge on any atom is -0.490 e. The fourth-order valence-corrected chi connectivity index (χ4v) is 3.85. The second-order valence-corrected chi connectivity index (χ2v) is 8.33. The van der Waals surface area contributed by atoms with Crippen molar-refractivity contribution < 1.29 is 14.3 Å². The van der Waals surface area contributed by atoms with Gasteiger partial charge in [0.05, 0.1) is 19.6 Å². The maximum atomic E-state index is 13.2. The van der Waals surface area contributed by atoms with Gasteiger partial charge in [-0.1, -0.05) is 54.8 Å². The Hall–Kier alpha value is -3.05. The van der Waals surface area contributed by atoms with Crippen LogP contribution in [-0.2, 0) is 17.8 Å². The van der Waals surface area contributed by atoms with Crippen molar-refractivity contribution in [2.24, 2.45) is 0 Å². The number of amides is 1. The van der Waals surface area contributed by atoms with E-state index >= 15 is 0 Å². The highest BCUT2D eigenvalue weighted by molar-refractivity contribution is 6.30. The second-order valence-electron chi connectivity index (χ2n) is 7.90. The molecule has 3 aromatic rings. The van der Waals surface area contributed by atoms with Crippen molar-refractivity contribution in [2.75, 3.05) is 13.2 Å². The van der Waals surface area contributed by atoms with E-state index in [1.165, 1.54) is 0 Å². The van der Waals surface area contributed by atoms with E-state index in [9.17, 15) is 4.79 Å². The van der Waals surface area contributed by atoms with Gasteiger partial charge in [0.25, 0.3) is 0 Å². The van der Waals surface area contributed by atoms with Crippen molar-refractivity contribution in [3.05, 3.63) is 83.0 Å². The number of hydrogen-bond donors (Lipinski definition) is 0. The van der Waals surface area contributed by atoms with E-state index in [-0.39, 0.29) is 5.91 Å². The van der Waals surface area contributed by atoms with E-state index in [1.807, 2.05) is 65.6 Å². The molecule has 1 aromatic heterocycles. The van der Waals surface area contributed by atoms with Crippen LogP contribution in [0.25, 0.3) is 0 Å².